The summed E-state index contributed by atoms with van der Waals surface area (Å²) in [6.45, 7) is 4.24. The predicted octanol–water partition coefficient (Wildman–Crippen LogP) is 4.11. The first-order valence-corrected chi connectivity index (χ1v) is 8.51. The van der Waals surface area contributed by atoms with Crippen LogP contribution in [0.15, 0.2) is 53.0 Å². The van der Waals surface area contributed by atoms with Gasteiger partial charge < -0.3 is 5.32 Å². The second-order valence-corrected chi connectivity index (χ2v) is 6.87. The van der Waals surface area contributed by atoms with E-state index in [2.05, 4.69) is 87.0 Å². The Morgan fingerprint density at radius 2 is 1.96 bits per heavy atom. The predicted molar refractivity (Wildman–Crippen MR) is 97.6 cm³/mol. The molecule has 6 heteroatoms. The third kappa shape index (κ3) is 2.63. The number of benzene rings is 2. The van der Waals surface area contributed by atoms with E-state index in [1.165, 1.54) is 11.1 Å². The molecule has 1 aromatic heterocycles. The molecule has 120 valence electrons. The van der Waals surface area contributed by atoms with Crippen LogP contribution < -0.4 is 5.32 Å². The standard InChI is InChI=1S/C18H16BrN5/c1-11-6-7-13(8-12(11)2)16-10-17(14-4-3-5-15(19)9-14)24-18(20-16)21-22-23-24/h3-10,17H,1-2H3,(H,20,21,23)/t17-/m0/s1. The Bertz CT molecular complexity index is 944. The number of aryl methyl sites for hydroxylation is 2. The highest BCUT2D eigenvalue weighted by Crippen LogP contribution is 2.32. The average molecular weight is 382 g/mol. The Kier molecular flexibility index (Phi) is 3.69. The van der Waals surface area contributed by atoms with Crippen molar-refractivity contribution < 1.29 is 0 Å². The fourth-order valence-corrected chi connectivity index (χ4v) is 3.28. The van der Waals surface area contributed by atoms with Crippen molar-refractivity contribution in [3.05, 3.63) is 75.3 Å². The lowest BCUT2D eigenvalue weighted by atomic mass is 9.99. The van der Waals surface area contributed by atoms with Crippen LogP contribution >= 0.6 is 15.9 Å². The third-order valence-corrected chi connectivity index (χ3v) is 4.83. The molecule has 0 saturated heterocycles. The number of rotatable bonds is 2. The molecule has 0 saturated carbocycles. The van der Waals surface area contributed by atoms with Crippen LogP contribution in [0.2, 0.25) is 0 Å². The summed E-state index contributed by atoms with van der Waals surface area (Å²) in [7, 11) is 0. The van der Waals surface area contributed by atoms with Crippen LogP contribution in [0.4, 0.5) is 5.95 Å². The third-order valence-electron chi connectivity index (χ3n) is 4.34. The largest absolute Gasteiger partial charge is 0.323 e. The molecule has 1 N–H and O–H groups in total. The van der Waals surface area contributed by atoms with Gasteiger partial charge in [-0.3, -0.25) is 0 Å². The van der Waals surface area contributed by atoms with Gasteiger partial charge in [0.05, 0.1) is 0 Å². The Morgan fingerprint density at radius 3 is 2.75 bits per heavy atom. The maximum Gasteiger partial charge on any atom is 0.248 e. The Balaban J connectivity index is 1.82. The quantitative estimate of drug-likeness (QED) is 0.725. The van der Waals surface area contributed by atoms with Crippen LogP contribution in [0.25, 0.3) is 5.70 Å². The van der Waals surface area contributed by atoms with Crippen LogP contribution in [-0.2, 0) is 0 Å². The minimum atomic E-state index is -0.0506. The maximum absolute atomic E-state index is 4.14. The molecule has 3 aromatic rings. The molecule has 0 radical (unpaired) electrons. The van der Waals surface area contributed by atoms with Gasteiger partial charge in [0.15, 0.2) is 0 Å². The van der Waals surface area contributed by atoms with Crippen molar-refractivity contribution in [2.24, 2.45) is 0 Å². The van der Waals surface area contributed by atoms with Gasteiger partial charge in [0.1, 0.15) is 6.04 Å². The number of anilines is 1. The van der Waals surface area contributed by atoms with Gasteiger partial charge in [-0.05, 0) is 70.8 Å². The first-order chi connectivity index (χ1) is 11.6. The molecule has 4 rings (SSSR count). The van der Waals surface area contributed by atoms with E-state index in [1.807, 2.05) is 12.1 Å². The minimum absolute atomic E-state index is 0.0506. The van der Waals surface area contributed by atoms with E-state index in [9.17, 15) is 0 Å². The first-order valence-electron chi connectivity index (χ1n) is 7.71. The number of hydrogen-bond acceptors (Lipinski definition) is 4. The number of allylic oxidation sites excluding steroid dienone is 1. The molecular formula is C18H16BrN5. The van der Waals surface area contributed by atoms with E-state index in [1.54, 1.807) is 4.68 Å². The molecule has 0 fully saturated rings. The number of hydrogen-bond donors (Lipinski definition) is 1. The van der Waals surface area contributed by atoms with Crippen molar-refractivity contribution in [3.8, 4) is 0 Å². The highest BCUT2D eigenvalue weighted by Gasteiger charge is 2.24. The second-order valence-electron chi connectivity index (χ2n) is 5.95. The number of nitrogens with zero attached hydrogens (tertiary/aromatic N) is 4. The van der Waals surface area contributed by atoms with Gasteiger partial charge in [0, 0.05) is 10.2 Å². The topological polar surface area (TPSA) is 55.6 Å². The van der Waals surface area contributed by atoms with Crippen molar-refractivity contribution >= 4 is 27.6 Å². The summed E-state index contributed by atoms with van der Waals surface area (Å²) in [5.41, 5.74) is 5.82. The number of fused-ring (bicyclic) bond motifs is 1. The zero-order valence-electron chi connectivity index (χ0n) is 13.4. The van der Waals surface area contributed by atoms with Gasteiger partial charge in [0.2, 0.25) is 5.95 Å². The number of halogens is 1. The van der Waals surface area contributed by atoms with Crippen molar-refractivity contribution in [3.63, 3.8) is 0 Å². The highest BCUT2D eigenvalue weighted by atomic mass is 79.9. The molecule has 0 amide bonds. The summed E-state index contributed by atoms with van der Waals surface area (Å²) in [6.07, 6.45) is 2.16. The summed E-state index contributed by atoms with van der Waals surface area (Å²) < 4.78 is 2.83. The first kappa shape index (κ1) is 15.1. The van der Waals surface area contributed by atoms with E-state index in [-0.39, 0.29) is 6.04 Å². The van der Waals surface area contributed by atoms with Crippen molar-refractivity contribution in [1.29, 1.82) is 0 Å². The van der Waals surface area contributed by atoms with E-state index in [4.69, 9.17) is 0 Å². The summed E-state index contributed by atoms with van der Waals surface area (Å²) in [6, 6.07) is 14.6. The monoisotopic (exact) mass is 381 g/mol. The minimum Gasteiger partial charge on any atom is -0.323 e. The Labute approximate surface area is 148 Å². The highest BCUT2D eigenvalue weighted by molar-refractivity contribution is 9.10. The van der Waals surface area contributed by atoms with Crippen molar-refractivity contribution in [2.75, 3.05) is 5.32 Å². The fraction of sp³-hybridized carbons (Fsp3) is 0.167. The summed E-state index contributed by atoms with van der Waals surface area (Å²) >= 11 is 3.54. The molecule has 1 atom stereocenters. The van der Waals surface area contributed by atoms with E-state index < -0.39 is 0 Å². The van der Waals surface area contributed by atoms with Crippen LogP contribution in [0.5, 0.6) is 0 Å². The number of nitrogens with one attached hydrogen (secondary N) is 1. The van der Waals surface area contributed by atoms with Crippen LogP contribution in [-0.4, -0.2) is 20.2 Å². The zero-order chi connectivity index (χ0) is 16.7. The lowest BCUT2D eigenvalue weighted by molar-refractivity contribution is 0.585. The van der Waals surface area contributed by atoms with Crippen molar-refractivity contribution in [2.45, 2.75) is 19.9 Å². The molecule has 0 unspecified atom stereocenters. The molecule has 1 aliphatic rings. The molecule has 0 bridgehead atoms. The molecule has 24 heavy (non-hydrogen) atoms. The van der Waals surface area contributed by atoms with Gasteiger partial charge >= 0.3 is 0 Å². The molecule has 5 nitrogen and oxygen atoms in total. The number of tetrazole rings is 1. The summed E-state index contributed by atoms with van der Waals surface area (Å²) in [5, 5.41) is 15.4. The van der Waals surface area contributed by atoms with Crippen molar-refractivity contribution in [1.82, 2.24) is 20.2 Å². The van der Waals surface area contributed by atoms with Gasteiger partial charge in [0.25, 0.3) is 0 Å². The summed E-state index contributed by atoms with van der Waals surface area (Å²) in [4.78, 5) is 0. The normalized spacial score (nSPS) is 16.3. The lowest BCUT2D eigenvalue weighted by Gasteiger charge is -2.24. The van der Waals surface area contributed by atoms with Crippen LogP contribution in [0.3, 0.4) is 0 Å². The molecule has 0 spiro atoms. The molecular weight excluding hydrogens is 366 g/mol. The smallest absolute Gasteiger partial charge is 0.248 e. The molecule has 2 heterocycles. The van der Waals surface area contributed by atoms with Crippen LogP contribution in [0.1, 0.15) is 28.3 Å². The SMILES string of the molecule is Cc1ccc(C2=C[C@@H](c3cccc(Br)c3)n3nnnc3N2)cc1C. The lowest BCUT2D eigenvalue weighted by Crippen LogP contribution is -2.20. The Morgan fingerprint density at radius 1 is 1.08 bits per heavy atom. The van der Waals surface area contributed by atoms with E-state index in [0.717, 1.165) is 21.3 Å². The number of aromatic nitrogens is 4. The van der Waals surface area contributed by atoms with Gasteiger partial charge in [-0.2, -0.15) is 4.68 Å². The van der Waals surface area contributed by atoms with Gasteiger partial charge in [-0.25, -0.2) is 0 Å². The molecule has 2 aromatic carbocycles. The van der Waals surface area contributed by atoms with Gasteiger partial charge in [-0.15, -0.1) is 0 Å². The van der Waals surface area contributed by atoms with E-state index in [0.29, 0.717) is 5.95 Å². The van der Waals surface area contributed by atoms with Gasteiger partial charge in [-0.1, -0.05) is 45.3 Å². The molecule has 1 aliphatic heterocycles. The summed E-state index contributed by atoms with van der Waals surface area (Å²) in [5.74, 6) is 0.649. The average Bonchev–Trinajstić information content (AvgIpc) is 3.05. The Hall–Kier alpha value is -2.47. The van der Waals surface area contributed by atoms with E-state index >= 15 is 0 Å². The maximum atomic E-state index is 4.14. The molecule has 0 aliphatic carbocycles. The zero-order valence-corrected chi connectivity index (χ0v) is 14.9. The second kappa shape index (κ2) is 5.87. The fourth-order valence-electron chi connectivity index (χ4n) is 2.86. The van der Waals surface area contributed by atoms with Crippen LogP contribution in [0, 0.1) is 13.8 Å².